The molecule has 0 aliphatic carbocycles. The maximum Gasteiger partial charge on any atom is 0.227 e. The van der Waals surface area contributed by atoms with Crippen molar-refractivity contribution in [1.29, 1.82) is 0 Å². The third-order valence-electron chi connectivity index (χ3n) is 2.97. The van der Waals surface area contributed by atoms with Gasteiger partial charge < -0.3 is 10.0 Å². The Kier molecular flexibility index (Phi) is 3.69. The number of aliphatic hydroxyl groups excluding tert-OH is 1. The van der Waals surface area contributed by atoms with Gasteiger partial charge in [-0.2, -0.15) is 12.6 Å². The van der Waals surface area contributed by atoms with Gasteiger partial charge in [0.1, 0.15) is 5.82 Å². The Morgan fingerprint density at radius 2 is 2.29 bits per heavy atom. The Bertz CT molecular complexity index is 439. The number of amides is 1. The molecule has 0 saturated carbocycles. The largest absolute Gasteiger partial charge is 0.392 e. The van der Waals surface area contributed by atoms with Crippen LogP contribution < -0.4 is 4.90 Å². The van der Waals surface area contributed by atoms with E-state index < -0.39 is 5.82 Å². The van der Waals surface area contributed by atoms with Gasteiger partial charge in [-0.05, 0) is 29.9 Å². The van der Waals surface area contributed by atoms with Crippen LogP contribution in [0.4, 0.5) is 10.1 Å². The van der Waals surface area contributed by atoms with Gasteiger partial charge >= 0.3 is 0 Å². The summed E-state index contributed by atoms with van der Waals surface area (Å²) in [5.41, 5.74) is 0.856. The summed E-state index contributed by atoms with van der Waals surface area (Å²) >= 11 is 4.19. The molecule has 1 heterocycles. The molecule has 1 aliphatic heterocycles. The molecule has 1 atom stereocenters. The number of carbonyl (C=O) groups excluding carboxylic acids is 1. The topological polar surface area (TPSA) is 40.5 Å². The van der Waals surface area contributed by atoms with Gasteiger partial charge in [0.25, 0.3) is 0 Å². The number of halogens is 1. The Morgan fingerprint density at radius 1 is 1.53 bits per heavy atom. The van der Waals surface area contributed by atoms with Gasteiger partial charge in [-0.25, -0.2) is 4.39 Å². The highest BCUT2D eigenvalue weighted by molar-refractivity contribution is 7.80. The molecule has 1 amide bonds. The Morgan fingerprint density at radius 3 is 2.88 bits per heavy atom. The first-order valence-electron chi connectivity index (χ1n) is 5.46. The van der Waals surface area contributed by atoms with Gasteiger partial charge in [-0.15, -0.1) is 0 Å². The van der Waals surface area contributed by atoms with Gasteiger partial charge in [-0.3, -0.25) is 4.79 Å². The minimum Gasteiger partial charge on any atom is -0.392 e. The first kappa shape index (κ1) is 12.4. The summed E-state index contributed by atoms with van der Waals surface area (Å²) in [5.74, 6) is 0.484. The molecule has 2 rings (SSSR count). The van der Waals surface area contributed by atoms with Crippen molar-refractivity contribution in [2.45, 2.75) is 13.0 Å². The standard InChI is InChI=1S/C12H14FNO2S/c13-11-2-1-10(4-9(11)6-15)14-5-8(7-17)3-12(14)16/h1-2,4,8,15,17H,3,5-7H2. The maximum atomic E-state index is 13.2. The van der Waals surface area contributed by atoms with E-state index in [-0.39, 0.29) is 24.0 Å². The van der Waals surface area contributed by atoms with Gasteiger partial charge in [0.15, 0.2) is 0 Å². The predicted octanol–water partition coefficient (Wildman–Crippen LogP) is 1.60. The zero-order valence-electron chi connectivity index (χ0n) is 9.27. The molecule has 1 unspecified atom stereocenters. The zero-order chi connectivity index (χ0) is 12.4. The summed E-state index contributed by atoms with van der Waals surface area (Å²) in [7, 11) is 0. The number of hydrogen-bond acceptors (Lipinski definition) is 3. The van der Waals surface area contributed by atoms with Crippen molar-refractivity contribution in [3.05, 3.63) is 29.6 Å². The van der Waals surface area contributed by atoms with Gasteiger partial charge in [0, 0.05) is 24.2 Å². The number of hydrogen-bond donors (Lipinski definition) is 2. The molecule has 0 aromatic heterocycles. The van der Waals surface area contributed by atoms with E-state index in [2.05, 4.69) is 12.6 Å². The van der Waals surface area contributed by atoms with Crippen molar-refractivity contribution >= 4 is 24.2 Å². The molecule has 1 aromatic rings. The summed E-state index contributed by atoms with van der Waals surface area (Å²) in [5, 5.41) is 8.99. The molecule has 1 fully saturated rings. The highest BCUT2D eigenvalue weighted by atomic mass is 32.1. The Hall–Kier alpha value is -1.07. The lowest BCUT2D eigenvalue weighted by molar-refractivity contribution is -0.117. The highest BCUT2D eigenvalue weighted by Crippen LogP contribution is 2.27. The second-order valence-corrected chi connectivity index (χ2v) is 4.56. The normalized spacial score (nSPS) is 20.1. The number of benzene rings is 1. The van der Waals surface area contributed by atoms with Crippen LogP contribution in [0.25, 0.3) is 0 Å². The molecule has 92 valence electrons. The SMILES string of the molecule is O=C1CC(CS)CN1c1ccc(F)c(CO)c1. The van der Waals surface area contributed by atoms with E-state index in [1.165, 1.54) is 12.1 Å². The van der Waals surface area contributed by atoms with Crippen LogP contribution in [0.1, 0.15) is 12.0 Å². The van der Waals surface area contributed by atoms with Gasteiger partial charge in [0.05, 0.1) is 6.61 Å². The van der Waals surface area contributed by atoms with E-state index in [4.69, 9.17) is 5.11 Å². The van der Waals surface area contributed by atoms with E-state index in [0.717, 1.165) is 0 Å². The molecule has 1 aromatic carbocycles. The van der Waals surface area contributed by atoms with E-state index in [0.29, 0.717) is 24.4 Å². The molecule has 3 nitrogen and oxygen atoms in total. The van der Waals surface area contributed by atoms with Crippen LogP contribution in [0.3, 0.4) is 0 Å². The first-order chi connectivity index (χ1) is 8.15. The third-order valence-corrected chi connectivity index (χ3v) is 3.49. The molecule has 1 N–H and O–H groups in total. The van der Waals surface area contributed by atoms with Crippen molar-refractivity contribution in [3.8, 4) is 0 Å². The fourth-order valence-corrected chi connectivity index (χ4v) is 2.25. The molecule has 0 radical (unpaired) electrons. The van der Waals surface area contributed by atoms with Crippen LogP contribution in [0.15, 0.2) is 18.2 Å². The summed E-state index contributed by atoms with van der Waals surface area (Å²) in [6.07, 6.45) is 0.481. The molecule has 1 aliphatic rings. The summed E-state index contributed by atoms with van der Waals surface area (Å²) in [6.45, 7) is 0.247. The number of rotatable bonds is 3. The van der Waals surface area contributed by atoms with Crippen molar-refractivity contribution in [1.82, 2.24) is 0 Å². The summed E-state index contributed by atoms with van der Waals surface area (Å²) in [6, 6.07) is 4.36. The highest BCUT2D eigenvalue weighted by Gasteiger charge is 2.29. The molecule has 5 heteroatoms. The number of nitrogens with zero attached hydrogens (tertiary/aromatic N) is 1. The van der Waals surface area contributed by atoms with E-state index >= 15 is 0 Å². The lowest BCUT2D eigenvalue weighted by Crippen LogP contribution is -2.24. The Balaban J connectivity index is 2.26. The number of anilines is 1. The van der Waals surface area contributed by atoms with Crippen molar-refractivity contribution in [2.75, 3.05) is 17.2 Å². The fraction of sp³-hybridized carbons (Fsp3) is 0.417. The van der Waals surface area contributed by atoms with Crippen LogP contribution in [0.2, 0.25) is 0 Å². The fourth-order valence-electron chi connectivity index (χ4n) is 2.00. The number of thiol groups is 1. The molecular formula is C12H14FNO2S. The van der Waals surface area contributed by atoms with Crippen LogP contribution in [0.5, 0.6) is 0 Å². The lowest BCUT2D eigenvalue weighted by atomic mass is 10.1. The number of carbonyl (C=O) groups is 1. The molecule has 0 spiro atoms. The van der Waals surface area contributed by atoms with Crippen LogP contribution in [-0.4, -0.2) is 23.3 Å². The second kappa shape index (κ2) is 5.06. The summed E-state index contributed by atoms with van der Waals surface area (Å²) < 4.78 is 13.2. The van der Waals surface area contributed by atoms with Crippen molar-refractivity contribution in [3.63, 3.8) is 0 Å². The molecule has 0 bridgehead atoms. The Labute approximate surface area is 105 Å². The van der Waals surface area contributed by atoms with Gasteiger partial charge in [-0.1, -0.05) is 0 Å². The smallest absolute Gasteiger partial charge is 0.227 e. The minimum absolute atomic E-state index is 0.0274. The number of aliphatic hydroxyl groups is 1. The molecule has 17 heavy (non-hydrogen) atoms. The molecule has 1 saturated heterocycles. The third kappa shape index (κ3) is 2.45. The second-order valence-electron chi connectivity index (χ2n) is 4.19. The summed E-state index contributed by atoms with van der Waals surface area (Å²) in [4.78, 5) is 13.4. The van der Waals surface area contributed by atoms with Crippen LogP contribution in [0, 0.1) is 11.7 Å². The lowest BCUT2D eigenvalue weighted by Gasteiger charge is -2.17. The van der Waals surface area contributed by atoms with E-state index in [1.54, 1.807) is 11.0 Å². The monoisotopic (exact) mass is 255 g/mol. The average molecular weight is 255 g/mol. The predicted molar refractivity (Wildman–Crippen MR) is 66.6 cm³/mol. The van der Waals surface area contributed by atoms with E-state index in [1.807, 2.05) is 0 Å². The van der Waals surface area contributed by atoms with E-state index in [9.17, 15) is 9.18 Å². The van der Waals surface area contributed by atoms with Gasteiger partial charge in [0.2, 0.25) is 5.91 Å². The quantitative estimate of drug-likeness (QED) is 0.805. The first-order valence-corrected chi connectivity index (χ1v) is 6.09. The average Bonchev–Trinajstić information content (AvgIpc) is 2.71. The minimum atomic E-state index is -0.450. The van der Waals surface area contributed by atoms with Crippen molar-refractivity contribution in [2.24, 2.45) is 5.92 Å². The van der Waals surface area contributed by atoms with Crippen LogP contribution in [-0.2, 0) is 11.4 Å². The van der Waals surface area contributed by atoms with Crippen molar-refractivity contribution < 1.29 is 14.3 Å². The zero-order valence-corrected chi connectivity index (χ0v) is 10.2. The molecular weight excluding hydrogens is 241 g/mol. The van der Waals surface area contributed by atoms with Crippen LogP contribution >= 0.6 is 12.6 Å². The maximum absolute atomic E-state index is 13.2.